The molecule has 0 bridgehead atoms. The van der Waals surface area contributed by atoms with Gasteiger partial charge in [-0.05, 0) is 37.1 Å². The van der Waals surface area contributed by atoms with Crippen molar-refractivity contribution >= 4 is 34.8 Å². The maximum absolute atomic E-state index is 12.7. The minimum atomic E-state index is -0.586. The third-order valence-corrected chi connectivity index (χ3v) is 5.93. The van der Waals surface area contributed by atoms with Crippen LogP contribution in [0.15, 0.2) is 58.9 Å². The number of aryl methyl sites for hydroxylation is 2. The predicted octanol–water partition coefficient (Wildman–Crippen LogP) is 3.75. The van der Waals surface area contributed by atoms with Crippen molar-refractivity contribution in [2.24, 2.45) is 0 Å². The van der Waals surface area contributed by atoms with Crippen molar-refractivity contribution in [3.05, 3.63) is 70.4 Å². The number of ether oxygens (including phenoxy) is 1. The Balaban J connectivity index is 1.71. The minimum absolute atomic E-state index is 0.353. The molecule has 8 heteroatoms. The molecule has 1 aromatic heterocycles. The van der Waals surface area contributed by atoms with Crippen LogP contribution in [0, 0.1) is 13.8 Å². The van der Waals surface area contributed by atoms with Crippen LogP contribution in [-0.4, -0.2) is 34.8 Å². The normalized spacial score (nSPS) is 16.4. The fourth-order valence-corrected chi connectivity index (χ4v) is 4.38. The van der Waals surface area contributed by atoms with Crippen LogP contribution in [0.1, 0.15) is 22.7 Å². The van der Waals surface area contributed by atoms with Crippen molar-refractivity contribution in [3.63, 3.8) is 0 Å². The van der Waals surface area contributed by atoms with Gasteiger partial charge in [0.2, 0.25) is 0 Å². The highest BCUT2D eigenvalue weighted by Gasteiger charge is 2.34. The number of fused-ring (bicyclic) bond motifs is 1. The highest BCUT2D eigenvalue weighted by atomic mass is 32.2. The molecule has 0 spiro atoms. The van der Waals surface area contributed by atoms with Crippen molar-refractivity contribution in [3.8, 4) is 0 Å². The first kappa shape index (κ1) is 20.0. The highest BCUT2D eigenvalue weighted by molar-refractivity contribution is 7.99. The summed E-state index contributed by atoms with van der Waals surface area (Å²) in [5, 5.41) is 6.37. The predicted molar refractivity (Wildman–Crippen MR) is 116 cm³/mol. The molecule has 0 aliphatic carbocycles. The Labute approximate surface area is 178 Å². The first-order chi connectivity index (χ1) is 14.5. The van der Waals surface area contributed by atoms with Gasteiger partial charge in [0.25, 0.3) is 0 Å². The van der Waals surface area contributed by atoms with E-state index in [1.165, 1.54) is 18.9 Å². The SMILES string of the molecule is COC(=O)C1=C(CSc2nc3ccccc3[nH]2)NC(=O)N[C@H]1c1cc(C)ccc1C. The Morgan fingerprint density at radius 3 is 2.77 bits per heavy atom. The number of nitrogens with one attached hydrogen (secondary N) is 3. The Morgan fingerprint density at radius 1 is 1.20 bits per heavy atom. The second kappa shape index (κ2) is 8.23. The van der Waals surface area contributed by atoms with Crippen LogP contribution >= 0.6 is 11.8 Å². The summed E-state index contributed by atoms with van der Waals surface area (Å²) in [7, 11) is 1.34. The van der Waals surface area contributed by atoms with Gasteiger partial charge in [0.05, 0.1) is 29.8 Å². The summed E-state index contributed by atoms with van der Waals surface area (Å²) in [6, 6.07) is 12.8. The van der Waals surface area contributed by atoms with E-state index in [2.05, 4.69) is 20.6 Å². The van der Waals surface area contributed by atoms with E-state index in [1.54, 1.807) is 0 Å². The van der Waals surface area contributed by atoms with E-state index < -0.39 is 12.0 Å². The zero-order chi connectivity index (χ0) is 21.3. The molecule has 0 unspecified atom stereocenters. The maximum Gasteiger partial charge on any atom is 0.338 e. The van der Waals surface area contributed by atoms with Crippen molar-refractivity contribution in [2.75, 3.05) is 12.9 Å². The lowest BCUT2D eigenvalue weighted by molar-refractivity contribution is -0.136. The number of benzene rings is 2. The van der Waals surface area contributed by atoms with E-state index >= 15 is 0 Å². The molecule has 2 amide bonds. The third-order valence-electron chi connectivity index (χ3n) is 5.03. The molecule has 7 nitrogen and oxygen atoms in total. The van der Waals surface area contributed by atoms with Gasteiger partial charge in [0.1, 0.15) is 0 Å². The van der Waals surface area contributed by atoms with E-state index in [9.17, 15) is 9.59 Å². The van der Waals surface area contributed by atoms with Crippen molar-refractivity contribution in [1.29, 1.82) is 0 Å². The van der Waals surface area contributed by atoms with Crippen LogP contribution < -0.4 is 10.6 Å². The van der Waals surface area contributed by atoms with Gasteiger partial charge in [0, 0.05) is 11.4 Å². The molecule has 0 fully saturated rings. The topological polar surface area (TPSA) is 96.1 Å². The molecule has 3 aromatic rings. The van der Waals surface area contributed by atoms with Crippen LogP contribution in [-0.2, 0) is 9.53 Å². The largest absolute Gasteiger partial charge is 0.466 e. The molecule has 0 saturated heterocycles. The molecular formula is C22H22N4O3S. The van der Waals surface area contributed by atoms with Crippen LogP contribution in [0.3, 0.4) is 0 Å². The Morgan fingerprint density at radius 2 is 2.00 bits per heavy atom. The summed E-state index contributed by atoms with van der Waals surface area (Å²) in [6.45, 7) is 3.94. The van der Waals surface area contributed by atoms with Crippen molar-refractivity contribution in [2.45, 2.75) is 25.0 Å². The lowest BCUT2D eigenvalue weighted by atomic mass is 9.91. The van der Waals surface area contributed by atoms with Crippen molar-refractivity contribution < 1.29 is 14.3 Å². The number of H-pyrrole nitrogens is 1. The molecule has 0 saturated carbocycles. The average molecular weight is 423 g/mol. The number of para-hydroxylation sites is 2. The second-order valence-corrected chi connectivity index (χ2v) is 8.09. The number of hydrogen-bond acceptors (Lipinski definition) is 5. The number of nitrogens with zero attached hydrogens (tertiary/aromatic N) is 1. The van der Waals surface area contributed by atoms with Gasteiger partial charge in [-0.3, -0.25) is 0 Å². The van der Waals surface area contributed by atoms with Gasteiger partial charge < -0.3 is 20.4 Å². The number of carbonyl (C=O) groups excluding carboxylic acids is 2. The van der Waals surface area contributed by atoms with Gasteiger partial charge in [-0.25, -0.2) is 14.6 Å². The molecule has 3 N–H and O–H groups in total. The number of urea groups is 1. The van der Waals surface area contributed by atoms with Gasteiger partial charge >= 0.3 is 12.0 Å². The van der Waals surface area contributed by atoms with E-state index in [0.29, 0.717) is 22.2 Å². The zero-order valence-electron chi connectivity index (χ0n) is 16.9. The van der Waals surface area contributed by atoms with Crippen LogP contribution in [0.25, 0.3) is 11.0 Å². The number of methoxy groups -OCH3 is 1. The highest BCUT2D eigenvalue weighted by Crippen LogP contribution is 2.32. The Hall–Kier alpha value is -3.26. The van der Waals surface area contributed by atoms with Crippen LogP contribution in [0.4, 0.5) is 4.79 Å². The summed E-state index contributed by atoms with van der Waals surface area (Å²) in [4.78, 5) is 32.9. The van der Waals surface area contributed by atoms with Gasteiger partial charge in [-0.1, -0.05) is 47.7 Å². The van der Waals surface area contributed by atoms with E-state index in [0.717, 1.165) is 27.7 Å². The minimum Gasteiger partial charge on any atom is -0.466 e. The average Bonchev–Trinajstić information content (AvgIpc) is 3.16. The summed E-state index contributed by atoms with van der Waals surface area (Å²) < 4.78 is 5.06. The molecule has 2 heterocycles. The summed E-state index contributed by atoms with van der Waals surface area (Å²) >= 11 is 1.42. The number of hydrogen-bond donors (Lipinski definition) is 3. The molecule has 154 valence electrons. The number of rotatable bonds is 5. The number of carbonyl (C=O) groups is 2. The lowest BCUT2D eigenvalue weighted by Gasteiger charge is -2.30. The molecular weight excluding hydrogens is 400 g/mol. The first-order valence-electron chi connectivity index (χ1n) is 9.50. The molecule has 1 aliphatic heterocycles. The summed E-state index contributed by atoms with van der Waals surface area (Å²) in [6.07, 6.45) is 0. The number of thioether (sulfide) groups is 1. The second-order valence-electron chi connectivity index (χ2n) is 7.12. The molecule has 2 aromatic carbocycles. The smallest absolute Gasteiger partial charge is 0.338 e. The van der Waals surface area contributed by atoms with Gasteiger partial charge in [-0.2, -0.15) is 0 Å². The molecule has 4 rings (SSSR count). The summed E-state index contributed by atoms with van der Waals surface area (Å²) in [5.74, 6) is -0.118. The molecule has 1 aliphatic rings. The molecule has 30 heavy (non-hydrogen) atoms. The van der Waals surface area contributed by atoms with E-state index in [-0.39, 0.29) is 6.03 Å². The van der Waals surface area contributed by atoms with Crippen LogP contribution in [0.5, 0.6) is 0 Å². The standard InChI is InChI=1S/C22H22N4O3S/c1-12-8-9-13(2)14(10-12)19-18(20(27)29-3)17(23-21(28)26-19)11-30-22-24-15-6-4-5-7-16(15)25-22/h4-10,19H,11H2,1-3H3,(H,24,25)(H2,23,26,28)/t19-/m0/s1. The van der Waals surface area contributed by atoms with Crippen LogP contribution in [0.2, 0.25) is 0 Å². The monoisotopic (exact) mass is 422 g/mol. The Kier molecular flexibility index (Phi) is 5.50. The maximum atomic E-state index is 12.7. The molecule has 0 radical (unpaired) electrons. The fraction of sp³-hybridized carbons (Fsp3) is 0.227. The third kappa shape index (κ3) is 3.91. The fourth-order valence-electron chi connectivity index (χ4n) is 3.53. The van der Waals surface area contributed by atoms with Gasteiger partial charge in [0.15, 0.2) is 5.16 Å². The summed E-state index contributed by atoms with van der Waals surface area (Å²) in [5.41, 5.74) is 5.62. The van der Waals surface area contributed by atoms with Gasteiger partial charge in [-0.15, -0.1) is 0 Å². The zero-order valence-corrected chi connectivity index (χ0v) is 17.7. The number of amides is 2. The molecule has 1 atom stereocenters. The number of aromatic nitrogens is 2. The Bertz CT molecular complexity index is 1140. The quantitative estimate of drug-likeness (QED) is 0.430. The first-order valence-corrected chi connectivity index (χ1v) is 10.5. The van der Waals surface area contributed by atoms with E-state index in [4.69, 9.17) is 4.74 Å². The number of imidazole rings is 1. The number of esters is 1. The van der Waals surface area contributed by atoms with E-state index in [1.807, 2.05) is 56.3 Å². The van der Waals surface area contributed by atoms with Crippen molar-refractivity contribution in [1.82, 2.24) is 20.6 Å². The lowest BCUT2D eigenvalue weighted by Crippen LogP contribution is -2.46. The number of aromatic amines is 1.